The van der Waals surface area contributed by atoms with E-state index >= 15 is 0 Å². The number of nitrogens with zero attached hydrogens (tertiary/aromatic N) is 5. The number of piperazine rings is 1. The maximum Gasteiger partial charge on any atom is 0.404 e. The van der Waals surface area contributed by atoms with Crippen LogP contribution in [-0.2, 0) is 6.42 Å². The predicted molar refractivity (Wildman–Crippen MR) is 130 cm³/mol. The summed E-state index contributed by atoms with van der Waals surface area (Å²) in [4.78, 5) is 19.7. The first-order valence-corrected chi connectivity index (χ1v) is 12.5. The van der Waals surface area contributed by atoms with Crippen molar-refractivity contribution < 1.29 is 14.6 Å². The number of nitrogens with one attached hydrogen (secondary N) is 1. The van der Waals surface area contributed by atoms with Gasteiger partial charge < -0.3 is 20.1 Å². The quantitative estimate of drug-likeness (QED) is 0.626. The molecule has 2 aromatic rings. The van der Waals surface area contributed by atoms with Gasteiger partial charge in [0.05, 0.1) is 18.8 Å². The topological polar surface area (TPSA) is 104 Å². The van der Waals surface area contributed by atoms with Crippen LogP contribution in [0.4, 0.5) is 10.6 Å². The lowest BCUT2D eigenvalue weighted by Crippen LogP contribution is -2.52. The minimum atomic E-state index is -1.00. The average molecular weight is 477 g/mol. The van der Waals surface area contributed by atoms with Gasteiger partial charge in [-0.3, -0.25) is 9.88 Å². The molecule has 10 heteroatoms. The summed E-state index contributed by atoms with van der Waals surface area (Å²) in [6, 6.07) is 3.64. The number of carboxylic acid groups (broad SMARTS) is 1. The number of hydrogen-bond acceptors (Lipinski definition) is 8. The van der Waals surface area contributed by atoms with Gasteiger partial charge in [0.15, 0.2) is 0 Å². The highest BCUT2D eigenvalue weighted by atomic mass is 32.1. The molecule has 1 atom stereocenters. The molecule has 3 heterocycles. The van der Waals surface area contributed by atoms with Gasteiger partial charge in [-0.1, -0.05) is 45.1 Å². The van der Waals surface area contributed by atoms with Crippen LogP contribution in [0.5, 0.6) is 5.88 Å². The third-order valence-electron chi connectivity index (χ3n) is 6.21. The van der Waals surface area contributed by atoms with Gasteiger partial charge in [0.25, 0.3) is 5.88 Å². The fourth-order valence-corrected chi connectivity index (χ4v) is 4.94. The summed E-state index contributed by atoms with van der Waals surface area (Å²) in [6.45, 7) is 6.26. The van der Waals surface area contributed by atoms with E-state index in [0.29, 0.717) is 18.8 Å². The Balaban J connectivity index is 0.000000374. The number of anilines is 1. The lowest BCUT2D eigenvalue weighted by Gasteiger charge is -2.36. The van der Waals surface area contributed by atoms with Gasteiger partial charge >= 0.3 is 6.09 Å². The zero-order valence-corrected chi connectivity index (χ0v) is 20.5. The Labute approximate surface area is 200 Å². The van der Waals surface area contributed by atoms with E-state index in [1.165, 1.54) is 32.1 Å². The molecule has 1 amide bonds. The van der Waals surface area contributed by atoms with E-state index in [4.69, 9.17) is 9.84 Å². The molecule has 0 radical (unpaired) electrons. The third-order valence-corrected chi connectivity index (χ3v) is 6.71. The van der Waals surface area contributed by atoms with Crippen molar-refractivity contribution in [1.29, 1.82) is 0 Å². The molecule has 33 heavy (non-hydrogen) atoms. The molecule has 1 aliphatic carbocycles. The summed E-state index contributed by atoms with van der Waals surface area (Å²) in [6.07, 6.45) is 10.5. The third kappa shape index (κ3) is 8.43. The zero-order valence-electron chi connectivity index (χ0n) is 19.7. The van der Waals surface area contributed by atoms with Crippen LogP contribution in [0.1, 0.15) is 44.6 Å². The van der Waals surface area contributed by atoms with Crippen molar-refractivity contribution in [1.82, 2.24) is 23.9 Å². The minimum Gasteiger partial charge on any atom is -0.478 e. The maximum absolute atomic E-state index is 11.1. The van der Waals surface area contributed by atoms with Crippen LogP contribution in [0.25, 0.3) is 0 Å². The van der Waals surface area contributed by atoms with E-state index in [0.717, 1.165) is 55.2 Å². The van der Waals surface area contributed by atoms with Gasteiger partial charge in [0.2, 0.25) is 5.82 Å². The number of amides is 1. The highest BCUT2D eigenvalue weighted by molar-refractivity contribution is 6.99. The lowest BCUT2D eigenvalue weighted by molar-refractivity contribution is 0.178. The molecule has 0 spiro atoms. The summed E-state index contributed by atoms with van der Waals surface area (Å²) < 4.78 is 13.7. The van der Waals surface area contributed by atoms with Crippen LogP contribution >= 0.6 is 11.7 Å². The minimum absolute atomic E-state index is 0.182. The molecule has 0 aromatic carbocycles. The van der Waals surface area contributed by atoms with Crippen molar-refractivity contribution in [2.24, 2.45) is 5.92 Å². The van der Waals surface area contributed by atoms with E-state index in [-0.39, 0.29) is 6.04 Å². The van der Waals surface area contributed by atoms with Crippen LogP contribution in [0, 0.1) is 5.92 Å². The van der Waals surface area contributed by atoms with Crippen LogP contribution < -0.4 is 15.0 Å². The largest absolute Gasteiger partial charge is 0.478 e. The van der Waals surface area contributed by atoms with Crippen molar-refractivity contribution >= 4 is 23.6 Å². The fraction of sp³-hybridized carbons (Fsp3) is 0.652. The summed E-state index contributed by atoms with van der Waals surface area (Å²) in [5.41, 5.74) is 1.02. The number of methoxy groups -OCH3 is 1. The van der Waals surface area contributed by atoms with Gasteiger partial charge in [0, 0.05) is 51.2 Å². The first-order valence-electron chi connectivity index (χ1n) is 11.8. The van der Waals surface area contributed by atoms with Crippen molar-refractivity contribution in [3.8, 4) is 5.88 Å². The number of ether oxygens (including phenoxy) is 1. The Kier molecular flexibility index (Phi) is 10.1. The summed E-state index contributed by atoms with van der Waals surface area (Å²) >= 11 is 1.14. The summed E-state index contributed by atoms with van der Waals surface area (Å²) in [5.74, 6) is 2.38. The molecule has 0 unspecified atom stereocenters. The Morgan fingerprint density at radius 1 is 1.24 bits per heavy atom. The second-order valence-electron chi connectivity index (χ2n) is 8.84. The van der Waals surface area contributed by atoms with E-state index in [1.54, 1.807) is 19.5 Å². The number of rotatable bonds is 7. The van der Waals surface area contributed by atoms with E-state index in [9.17, 15) is 4.79 Å². The first kappa shape index (κ1) is 25.2. The summed E-state index contributed by atoms with van der Waals surface area (Å²) in [5, 5.41) is 11.8. The van der Waals surface area contributed by atoms with Gasteiger partial charge in [-0.2, -0.15) is 4.37 Å². The van der Waals surface area contributed by atoms with Crippen molar-refractivity contribution in [2.75, 3.05) is 44.7 Å². The monoisotopic (exact) mass is 476 g/mol. The van der Waals surface area contributed by atoms with Crippen LogP contribution in [-0.4, -0.2) is 75.7 Å². The van der Waals surface area contributed by atoms with E-state index < -0.39 is 6.09 Å². The van der Waals surface area contributed by atoms with Crippen LogP contribution in [0.15, 0.2) is 24.5 Å². The Morgan fingerprint density at radius 2 is 2.00 bits per heavy atom. The standard InChI is InChI=1S/C16H22N6O3S.C7H14/c1-25-15-14(19-26-20-15)22-7-5-21(6-8-22)11-13(18-16(23)24)9-12-3-2-4-17-10-12;1-7-5-3-2-4-6-7/h2-4,10,13,18H,5-9,11H2,1H3,(H,23,24);7H,2-6H2,1H3/t13-;/m1./s1. The fourth-order valence-electron chi connectivity index (χ4n) is 4.40. The Bertz CT molecular complexity index is 823. The summed E-state index contributed by atoms with van der Waals surface area (Å²) in [7, 11) is 1.59. The molecule has 1 aliphatic heterocycles. The Morgan fingerprint density at radius 3 is 2.58 bits per heavy atom. The highest BCUT2D eigenvalue weighted by Gasteiger charge is 2.25. The van der Waals surface area contributed by atoms with Gasteiger partial charge in [-0.05, 0) is 24.0 Å². The molecule has 4 rings (SSSR count). The number of carbonyl (C=O) groups is 1. The zero-order chi connectivity index (χ0) is 23.5. The van der Waals surface area contributed by atoms with E-state index in [1.807, 2.05) is 12.1 Å². The molecule has 182 valence electrons. The average Bonchev–Trinajstić information content (AvgIpc) is 3.30. The molecule has 2 N–H and O–H groups in total. The van der Waals surface area contributed by atoms with Gasteiger partial charge in [-0.15, -0.1) is 4.37 Å². The molecule has 9 nitrogen and oxygen atoms in total. The molecule has 2 aromatic heterocycles. The SMILES string of the molecule is CC1CCCCC1.COc1nsnc1N1CCN(C[C@@H](Cc2cccnc2)NC(=O)O)CC1. The van der Waals surface area contributed by atoms with Crippen LogP contribution in [0.3, 0.4) is 0 Å². The van der Waals surface area contributed by atoms with Crippen molar-refractivity contribution in [3.63, 3.8) is 0 Å². The molecule has 1 saturated heterocycles. The van der Waals surface area contributed by atoms with Crippen LogP contribution in [0.2, 0.25) is 0 Å². The lowest BCUT2D eigenvalue weighted by atomic mass is 9.91. The van der Waals surface area contributed by atoms with Crippen molar-refractivity contribution in [3.05, 3.63) is 30.1 Å². The maximum atomic E-state index is 11.1. The molecular weight excluding hydrogens is 440 g/mol. The number of hydrogen-bond donors (Lipinski definition) is 2. The number of pyridine rings is 1. The predicted octanol–water partition coefficient (Wildman–Crippen LogP) is 3.53. The molecule has 0 bridgehead atoms. The molecule has 1 saturated carbocycles. The van der Waals surface area contributed by atoms with Gasteiger partial charge in [-0.25, -0.2) is 4.79 Å². The second-order valence-corrected chi connectivity index (χ2v) is 9.37. The number of aromatic nitrogens is 3. The molecule has 2 fully saturated rings. The first-order chi connectivity index (χ1) is 16.0. The Hall–Kier alpha value is -2.46. The molecule has 2 aliphatic rings. The molecular formula is C23H36N6O3S. The normalized spacial score (nSPS) is 18.2. The van der Waals surface area contributed by atoms with Gasteiger partial charge in [0.1, 0.15) is 0 Å². The highest BCUT2D eigenvalue weighted by Crippen LogP contribution is 2.26. The smallest absolute Gasteiger partial charge is 0.404 e. The second kappa shape index (κ2) is 13.3. The van der Waals surface area contributed by atoms with Crippen molar-refractivity contribution in [2.45, 2.75) is 51.5 Å². The van der Waals surface area contributed by atoms with E-state index in [2.05, 4.69) is 35.8 Å².